The Hall–Kier alpha value is -1.97. The van der Waals surface area contributed by atoms with E-state index in [1.165, 1.54) is 23.1 Å². The van der Waals surface area contributed by atoms with Gasteiger partial charge in [-0.05, 0) is 12.1 Å². The van der Waals surface area contributed by atoms with Gasteiger partial charge in [0, 0.05) is 24.4 Å². The van der Waals surface area contributed by atoms with Crippen LogP contribution in [-0.4, -0.2) is 46.0 Å². The van der Waals surface area contributed by atoms with Crippen LogP contribution in [0.15, 0.2) is 34.7 Å². The fourth-order valence-corrected chi connectivity index (χ4v) is 3.97. The van der Waals surface area contributed by atoms with Crippen molar-refractivity contribution in [1.29, 1.82) is 0 Å². The fourth-order valence-electron chi connectivity index (χ4n) is 2.40. The Kier molecular flexibility index (Phi) is 5.44. The van der Waals surface area contributed by atoms with Crippen molar-refractivity contribution in [2.24, 2.45) is 5.92 Å². The summed E-state index contributed by atoms with van der Waals surface area (Å²) in [6, 6.07) is 9.32. The zero-order valence-electron chi connectivity index (χ0n) is 12.7. The molecule has 0 bridgehead atoms. The second-order valence-corrected chi connectivity index (χ2v) is 7.49. The molecule has 24 heavy (non-hydrogen) atoms. The lowest BCUT2D eigenvalue weighted by Crippen LogP contribution is -2.28. The molecule has 0 saturated carbocycles. The lowest BCUT2D eigenvalue weighted by Gasteiger charge is -2.16. The van der Waals surface area contributed by atoms with Gasteiger partial charge in [0.1, 0.15) is 0 Å². The largest absolute Gasteiger partial charge is 0.396 e. The summed E-state index contributed by atoms with van der Waals surface area (Å²) >= 11 is 2.64. The number of thioether (sulfide) groups is 1. The summed E-state index contributed by atoms with van der Waals surface area (Å²) in [5.41, 5.74) is 0.802. The normalized spacial score (nSPS) is 17.3. The number of rotatable bonds is 6. The number of hydrogen-bond donors (Lipinski definition) is 2. The smallest absolute Gasteiger partial charge is 0.231 e. The van der Waals surface area contributed by atoms with E-state index in [1.807, 2.05) is 30.3 Å². The van der Waals surface area contributed by atoms with Gasteiger partial charge in [-0.1, -0.05) is 41.3 Å². The summed E-state index contributed by atoms with van der Waals surface area (Å²) in [7, 11) is 0. The Bertz CT molecular complexity index is 723. The zero-order chi connectivity index (χ0) is 16.9. The van der Waals surface area contributed by atoms with Crippen LogP contribution in [0.3, 0.4) is 0 Å². The molecule has 3 rings (SSSR count). The molecule has 126 valence electrons. The predicted octanol–water partition coefficient (Wildman–Crippen LogP) is 1.61. The standard InChI is InChI=1S/C15H16N4O3S2/c20-6-7-23-15-18-17-14(24-15)16-13(22)10-8-12(21)19(9-10)11-4-2-1-3-5-11/h1-5,10,20H,6-9H2,(H,16,17,22)/t10-/m0/s1. The van der Waals surface area contributed by atoms with Gasteiger partial charge < -0.3 is 15.3 Å². The number of nitrogens with one attached hydrogen (secondary N) is 1. The van der Waals surface area contributed by atoms with Crippen LogP contribution in [0, 0.1) is 5.92 Å². The first-order valence-electron chi connectivity index (χ1n) is 7.41. The van der Waals surface area contributed by atoms with Crippen LogP contribution in [0.2, 0.25) is 0 Å². The van der Waals surface area contributed by atoms with Gasteiger partial charge >= 0.3 is 0 Å². The Morgan fingerprint density at radius 1 is 1.38 bits per heavy atom. The van der Waals surface area contributed by atoms with Crippen molar-refractivity contribution in [3.8, 4) is 0 Å². The van der Waals surface area contributed by atoms with Gasteiger partial charge in [0.05, 0.1) is 12.5 Å². The maximum absolute atomic E-state index is 12.4. The lowest BCUT2D eigenvalue weighted by molar-refractivity contribution is -0.122. The minimum atomic E-state index is -0.407. The molecule has 0 unspecified atom stereocenters. The molecule has 0 spiro atoms. The molecule has 2 amide bonds. The average Bonchev–Trinajstić information content (AvgIpc) is 3.20. The Balaban J connectivity index is 1.60. The number of hydrogen-bond acceptors (Lipinski definition) is 7. The molecule has 2 heterocycles. The first-order chi connectivity index (χ1) is 11.7. The molecule has 1 aliphatic rings. The minimum Gasteiger partial charge on any atom is -0.396 e. The topological polar surface area (TPSA) is 95.4 Å². The van der Waals surface area contributed by atoms with Gasteiger partial charge in [-0.25, -0.2) is 0 Å². The number of benzene rings is 1. The van der Waals surface area contributed by atoms with Gasteiger partial charge in [0.2, 0.25) is 16.9 Å². The Morgan fingerprint density at radius 2 is 2.17 bits per heavy atom. The molecule has 1 fully saturated rings. The highest BCUT2D eigenvalue weighted by atomic mass is 32.2. The van der Waals surface area contributed by atoms with E-state index in [9.17, 15) is 9.59 Å². The van der Waals surface area contributed by atoms with Gasteiger partial charge in [-0.2, -0.15) is 0 Å². The van der Waals surface area contributed by atoms with E-state index in [2.05, 4.69) is 15.5 Å². The van der Waals surface area contributed by atoms with Crippen LogP contribution in [-0.2, 0) is 9.59 Å². The summed E-state index contributed by atoms with van der Waals surface area (Å²) in [6.45, 7) is 0.422. The first-order valence-corrected chi connectivity index (χ1v) is 9.21. The number of aliphatic hydroxyl groups is 1. The van der Waals surface area contributed by atoms with Crippen LogP contribution >= 0.6 is 23.1 Å². The average molecular weight is 364 g/mol. The number of aliphatic hydroxyl groups excluding tert-OH is 1. The minimum absolute atomic E-state index is 0.0576. The van der Waals surface area contributed by atoms with E-state index in [-0.39, 0.29) is 24.8 Å². The summed E-state index contributed by atoms with van der Waals surface area (Å²) < 4.78 is 0.688. The molecule has 1 aromatic heterocycles. The summed E-state index contributed by atoms with van der Waals surface area (Å²) in [4.78, 5) is 26.2. The maximum Gasteiger partial charge on any atom is 0.231 e. The number of para-hydroxylation sites is 1. The van der Waals surface area contributed by atoms with Crippen molar-refractivity contribution in [2.45, 2.75) is 10.8 Å². The molecule has 7 nitrogen and oxygen atoms in total. The molecule has 1 atom stereocenters. The number of anilines is 2. The molecular weight excluding hydrogens is 348 g/mol. The monoisotopic (exact) mass is 364 g/mol. The van der Waals surface area contributed by atoms with Crippen molar-refractivity contribution in [3.63, 3.8) is 0 Å². The molecule has 9 heteroatoms. The molecular formula is C15H16N4O3S2. The Morgan fingerprint density at radius 3 is 2.92 bits per heavy atom. The molecule has 1 aliphatic heterocycles. The van der Waals surface area contributed by atoms with E-state index >= 15 is 0 Å². The van der Waals surface area contributed by atoms with Crippen LogP contribution in [0.5, 0.6) is 0 Å². The van der Waals surface area contributed by atoms with E-state index in [0.717, 1.165) is 5.69 Å². The molecule has 2 N–H and O–H groups in total. The molecule has 0 radical (unpaired) electrons. The molecule has 0 aliphatic carbocycles. The number of nitrogens with zero attached hydrogens (tertiary/aromatic N) is 3. The zero-order valence-corrected chi connectivity index (χ0v) is 14.3. The molecule has 2 aromatic rings. The highest BCUT2D eigenvalue weighted by Gasteiger charge is 2.35. The van der Waals surface area contributed by atoms with Crippen LogP contribution < -0.4 is 10.2 Å². The second kappa shape index (κ2) is 7.73. The lowest BCUT2D eigenvalue weighted by atomic mass is 10.1. The summed E-state index contributed by atoms with van der Waals surface area (Å²) in [5.74, 6) is -0.157. The first kappa shape index (κ1) is 16.9. The van der Waals surface area contributed by atoms with Crippen molar-refractivity contribution >= 4 is 45.7 Å². The molecule has 1 aromatic carbocycles. The summed E-state index contributed by atoms with van der Waals surface area (Å²) in [5, 5.41) is 19.8. The third-order valence-corrected chi connectivity index (χ3v) is 5.47. The summed E-state index contributed by atoms with van der Waals surface area (Å²) in [6.07, 6.45) is 0.186. The van der Waals surface area contributed by atoms with Crippen molar-refractivity contribution in [2.75, 3.05) is 29.1 Å². The van der Waals surface area contributed by atoms with Crippen molar-refractivity contribution in [1.82, 2.24) is 10.2 Å². The number of carbonyl (C=O) groups excluding carboxylic acids is 2. The van der Waals surface area contributed by atoms with E-state index in [0.29, 0.717) is 21.8 Å². The number of carbonyl (C=O) groups is 2. The third kappa shape index (κ3) is 3.92. The Labute approximate surface area is 147 Å². The maximum atomic E-state index is 12.4. The quantitative estimate of drug-likeness (QED) is 0.597. The third-order valence-electron chi connectivity index (χ3n) is 3.52. The van der Waals surface area contributed by atoms with Crippen LogP contribution in [0.25, 0.3) is 0 Å². The SMILES string of the molecule is O=C(Nc1nnc(SCCO)s1)[C@H]1CC(=O)N(c2ccccc2)C1. The van der Waals surface area contributed by atoms with E-state index in [4.69, 9.17) is 5.11 Å². The van der Waals surface area contributed by atoms with E-state index in [1.54, 1.807) is 4.90 Å². The van der Waals surface area contributed by atoms with Gasteiger partial charge in [0.15, 0.2) is 4.34 Å². The van der Waals surface area contributed by atoms with Gasteiger partial charge in [-0.15, -0.1) is 10.2 Å². The fraction of sp³-hybridized carbons (Fsp3) is 0.333. The molecule has 1 saturated heterocycles. The van der Waals surface area contributed by atoms with Gasteiger partial charge in [0.25, 0.3) is 0 Å². The van der Waals surface area contributed by atoms with Crippen LogP contribution in [0.4, 0.5) is 10.8 Å². The van der Waals surface area contributed by atoms with Crippen molar-refractivity contribution in [3.05, 3.63) is 30.3 Å². The highest BCUT2D eigenvalue weighted by Crippen LogP contribution is 2.28. The second-order valence-electron chi connectivity index (χ2n) is 5.18. The van der Waals surface area contributed by atoms with Crippen LogP contribution in [0.1, 0.15) is 6.42 Å². The van der Waals surface area contributed by atoms with E-state index < -0.39 is 5.92 Å². The highest BCUT2D eigenvalue weighted by molar-refractivity contribution is 8.01. The van der Waals surface area contributed by atoms with Gasteiger partial charge in [-0.3, -0.25) is 9.59 Å². The predicted molar refractivity (Wildman–Crippen MR) is 93.3 cm³/mol. The number of amides is 2. The number of aromatic nitrogens is 2. The van der Waals surface area contributed by atoms with Crippen molar-refractivity contribution < 1.29 is 14.7 Å².